The van der Waals surface area contributed by atoms with Crippen molar-refractivity contribution in [2.24, 2.45) is 11.7 Å². The lowest BCUT2D eigenvalue weighted by Gasteiger charge is -2.17. The third-order valence-corrected chi connectivity index (χ3v) is 6.81. The van der Waals surface area contributed by atoms with Crippen molar-refractivity contribution in [3.05, 3.63) is 44.2 Å². The highest BCUT2D eigenvalue weighted by atomic mass is 32.3. The fourth-order valence-corrected chi connectivity index (χ4v) is 5.51. The van der Waals surface area contributed by atoms with Crippen LogP contribution in [0, 0.1) is 16.0 Å². The van der Waals surface area contributed by atoms with Crippen LogP contribution in [0.2, 0.25) is 0 Å². The van der Waals surface area contributed by atoms with Gasteiger partial charge in [-0.05, 0) is 23.3 Å². The summed E-state index contributed by atoms with van der Waals surface area (Å²) in [5, 5.41) is 10.6. The molecule has 3 rings (SSSR count). The molecule has 118 valence electrons. The molecule has 0 aliphatic carbocycles. The number of fused-ring (bicyclic) bond motifs is 1. The molecule has 2 aliphatic rings. The molecule has 0 radical (unpaired) electrons. The molecule has 0 bridgehead atoms. The predicted octanol–water partition coefficient (Wildman–Crippen LogP) is 0.390. The van der Waals surface area contributed by atoms with E-state index in [9.17, 15) is 18.5 Å². The van der Waals surface area contributed by atoms with Crippen LogP contribution in [-0.2, 0) is 9.84 Å². The number of nitrogens with two attached hydrogens (primary N) is 1. The van der Waals surface area contributed by atoms with Gasteiger partial charge in [0.25, 0.3) is 5.69 Å². The third-order valence-electron chi connectivity index (χ3n) is 3.62. The van der Waals surface area contributed by atoms with Gasteiger partial charge in [0.15, 0.2) is 9.84 Å². The molecule has 1 aromatic rings. The minimum atomic E-state index is -3.41. The number of hydrazine groups is 1. The molecular weight excluding hydrogens is 328 g/mol. The van der Waals surface area contributed by atoms with E-state index in [0.29, 0.717) is 11.1 Å². The highest BCUT2D eigenvalue weighted by Gasteiger charge is 2.46. The number of nitrogens with one attached hydrogen (secondary N) is 2. The van der Waals surface area contributed by atoms with E-state index in [1.165, 1.54) is 23.9 Å². The lowest BCUT2D eigenvalue weighted by molar-refractivity contribution is -0.384. The number of hydrogen-bond donors (Lipinski definition) is 3. The average molecular weight is 342 g/mol. The molecule has 3 atom stereocenters. The fraction of sp³-hybridized carbons (Fsp3) is 0.333. The fourth-order valence-electron chi connectivity index (χ4n) is 2.65. The molecule has 0 spiro atoms. The SMILES string of the molecule is CS(=O)(=O)C1=C(c2ccc([N+](=O)[O-])cc2)C2C(N)NNC2S1. The minimum absolute atomic E-state index is 0.0422. The number of benzene rings is 1. The van der Waals surface area contributed by atoms with Gasteiger partial charge < -0.3 is 5.73 Å². The second-order valence-corrected chi connectivity index (χ2v) is 8.52. The summed E-state index contributed by atoms with van der Waals surface area (Å²) in [6.45, 7) is 0. The smallest absolute Gasteiger partial charge is 0.269 e. The lowest BCUT2D eigenvalue weighted by Crippen LogP contribution is -2.39. The third kappa shape index (κ3) is 2.52. The first-order valence-corrected chi connectivity index (χ1v) is 9.18. The summed E-state index contributed by atoms with van der Waals surface area (Å²) < 4.78 is 24.4. The number of nitro benzene ring substituents is 1. The molecule has 0 amide bonds. The number of hydrogen-bond acceptors (Lipinski definition) is 8. The standard InChI is InChI=1S/C12H14N4O4S2/c1-22(19,20)12-8(9-10(13)14-15-11(9)21-12)6-2-4-7(5-3-6)16(17)18/h2-5,9-11,14-15H,13H2,1H3. The number of sulfone groups is 1. The zero-order chi connectivity index (χ0) is 16.1. The maximum absolute atomic E-state index is 12.1. The van der Waals surface area contributed by atoms with Crippen LogP contribution in [0.1, 0.15) is 5.56 Å². The Kier molecular flexibility index (Phi) is 3.73. The van der Waals surface area contributed by atoms with E-state index in [0.717, 1.165) is 6.26 Å². The molecule has 4 N–H and O–H groups in total. The number of nitro groups is 1. The van der Waals surface area contributed by atoms with Gasteiger partial charge in [0.1, 0.15) is 4.24 Å². The van der Waals surface area contributed by atoms with Gasteiger partial charge in [-0.25, -0.2) is 19.3 Å². The number of nitrogens with zero attached hydrogens (tertiary/aromatic N) is 1. The lowest BCUT2D eigenvalue weighted by atomic mass is 9.92. The summed E-state index contributed by atoms with van der Waals surface area (Å²) >= 11 is 1.21. The van der Waals surface area contributed by atoms with Crippen LogP contribution in [-0.4, -0.2) is 31.1 Å². The summed E-state index contributed by atoms with van der Waals surface area (Å²) in [5.41, 5.74) is 13.1. The normalized spacial score (nSPS) is 28.0. The molecule has 8 nitrogen and oxygen atoms in total. The van der Waals surface area contributed by atoms with Gasteiger partial charge in [0.05, 0.1) is 16.5 Å². The summed E-state index contributed by atoms with van der Waals surface area (Å²) in [4.78, 5) is 10.3. The van der Waals surface area contributed by atoms with E-state index in [4.69, 9.17) is 5.73 Å². The van der Waals surface area contributed by atoms with E-state index >= 15 is 0 Å². The summed E-state index contributed by atoms with van der Waals surface area (Å²) in [6, 6.07) is 5.85. The Morgan fingerprint density at radius 1 is 1.27 bits per heavy atom. The van der Waals surface area contributed by atoms with Crippen molar-refractivity contribution < 1.29 is 13.3 Å². The Bertz CT molecular complexity index is 760. The van der Waals surface area contributed by atoms with Crippen LogP contribution in [0.3, 0.4) is 0 Å². The first-order chi connectivity index (χ1) is 10.3. The van der Waals surface area contributed by atoms with Crippen molar-refractivity contribution >= 4 is 32.9 Å². The van der Waals surface area contributed by atoms with Crippen LogP contribution in [0.4, 0.5) is 5.69 Å². The number of rotatable bonds is 3. The Hall–Kier alpha value is -1.46. The molecule has 1 aromatic carbocycles. The van der Waals surface area contributed by atoms with Crippen molar-refractivity contribution in [3.63, 3.8) is 0 Å². The molecule has 22 heavy (non-hydrogen) atoms. The molecular formula is C12H14N4O4S2. The van der Waals surface area contributed by atoms with Crippen molar-refractivity contribution in [2.75, 3.05) is 6.26 Å². The van der Waals surface area contributed by atoms with Crippen molar-refractivity contribution in [1.82, 2.24) is 10.9 Å². The maximum Gasteiger partial charge on any atom is 0.269 e. The van der Waals surface area contributed by atoms with Gasteiger partial charge in [-0.1, -0.05) is 11.8 Å². The van der Waals surface area contributed by atoms with Crippen LogP contribution >= 0.6 is 11.8 Å². The Labute approximate surface area is 131 Å². The topological polar surface area (TPSA) is 127 Å². The largest absolute Gasteiger partial charge is 0.314 e. The van der Waals surface area contributed by atoms with Crippen molar-refractivity contribution in [2.45, 2.75) is 11.5 Å². The summed E-state index contributed by atoms with van der Waals surface area (Å²) in [7, 11) is -3.41. The Balaban J connectivity index is 2.12. The van der Waals surface area contributed by atoms with Crippen molar-refractivity contribution in [3.8, 4) is 0 Å². The van der Waals surface area contributed by atoms with Gasteiger partial charge in [-0.15, -0.1) is 0 Å². The molecule has 3 unspecified atom stereocenters. The van der Waals surface area contributed by atoms with E-state index in [-0.39, 0.29) is 21.2 Å². The Morgan fingerprint density at radius 3 is 2.45 bits per heavy atom. The highest BCUT2D eigenvalue weighted by molar-refractivity contribution is 8.19. The number of thioether (sulfide) groups is 1. The van der Waals surface area contributed by atoms with E-state index < -0.39 is 20.9 Å². The minimum Gasteiger partial charge on any atom is -0.314 e. The molecule has 0 saturated carbocycles. The van der Waals surface area contributed by atoms with Crippen LogP contribution < -0.4 is 16.6 Å². The highest BCUT2D eigenvalue weighted by Crippen LogP contribution is 2.50. The summed E-state index contributed by atoms with van der Waals surface area (Å²) in [5.74, 6) is -0.226. The zero-order valence-electron chi connectivity index (χ0n) is 11.5. The van der Waals surface area contributed by atoms with Gasteiger partial charge >= 0.3 is 0 Å². The molecule has 2 heterocycles. The maximum atomic E-state index is 12.1. The second-order valence-electron chi connectivity index (χ2n) is 5.16. The van der Waals surface area contributed by atoms with Crippen LogP contribution in [0.15, 0.2) is 28.5 Å². The quantitative estimate of drug-likeness (QED) is 0.532. The average Bonchev–Trinajstić information content (AvgIpc) is 2.99. The molecule has 10 heteroatoms. The summed E-state index contributed by atoms with van der Waals surface area (Å²) in [6.07, 6.45) is 0.725. The first kappa shape index (κ1) is 15.4. The van der Waals surface area contributed by atoms with Gasteiger partial charge in [-0.3, -0.25) is 10.1 Å². The van der Waals surface area contributed by atoms with Crippen LogP contribution in [0.5, 0.6) is 0 Å². The Morgan fingerprint density at radius 2 is 1.91 bits per heavy atom. The van der Waals surface area contributed by atoms with Crippen LogP contribution in [0.25, 0.3) is 5.57 Å². The van der Waals surface area contributed by atoms with Crippen molar-refractivity contribution in [1.29, 1.82) is 0 Å². The van der Waals surface area contributed by atoms with Gasteiger partial charge in [-0.2, -0.15) is 0 Å². The predicted molar refractivity (Wildman–Crippen MR) is 84.0 cm³/mol. The number of non-ortho nitro benzene ring substituents is 1. The molecule has 1 saturated heterocycles. The molecule has 0 aromatic heterocycles. The second kappa shape index (κ2) is 5.32. The zero-order valence-corrected chi connectivity index (χ0v) is 13.1. The van der Waals surface area contributed by atoms with E-state index in [1.54, 1.807) is 12.1 Å². The molecule has 2 aliphatic heterocycles. The van der Waals surface area contributed by atoms with E-state index in [1.807, 2.05) is 0 Å². The molecule has 1 fully saturated rings. The first-order valence-electron chi connectivity index (χ1n) is 6.41. The van der Waals surface area contributed by atoms with E-state index in [2.05, 4.69) is 10.9 Å². The van der Waals surface area contributed by atoms with Gasteiger partial charge in [0.2, 0.25) is 0 Å². The van der Waals surface area contributed by atoms with Gasteiger partial charge in [0, 0.05) is 24.3 Å². The monoisotopic (exact) mass is 342 g/mol.